The average molecular weight is 1730 g/mol. The summed E-state index contributed by atoms with van der Waals surface area (Å²) in [6, 6.07) is 84.4. The third kappa shape index (κ3) is 23.3. The van der Waals surface area contributed by atoms with Gasteiger partial charge in [0, 0.05) is 16.0 Å². The number of alkyl halides is 3. The van der Waals surface area contributed by atoms with Crippen LogP contribution in [0, 0.1) is 10.8 Å². The van der Waals surface area contributed by atoms with Crippen LogP contribution in [-0.4, -0.2) is 165 Å². The Morgan fingerprint density at radius 3 is 1.11 bits per heavy atom. The molecule has 6 fully saturated rings. The molecule has 122 heavy (non-hydrogen) atoms. The number of hydrogen-bond donors (Lipinski definition) is 1. The molecule has 28 heteroatoms. The fourth-order valence-corrected chi connectivity index (χ4v) is 15.5. The number of carbonyl (C=O) groups excluding carboxylic acids is 1. The molecule has 9 aromatic carbocycles. The van der Waals surface area contributed by atoms with E-state index in [9.17, 15) is 10.3 Å². The Morgan fingerprint density at radius 1 is 0.385 bits per heavy atom. The SMILES string of the molecule is CC(C)(C)C(=O)O[C@H]1[C@H](OCc2ccccc2)O[C@H](COCc2ccccc2)[C@@H](O[C@@H]2O[C@H](COCc3ccccc3)[C@H](O[C@H]3O[C@@H]4CO[C@H](c5ccccc5)O[C@@H]4[C@H](O[C@@H]4O[C@@H]5CO[C@H](c6ccccc6)O[C@@H]5[C@H](OC(=N)C(Cl)(Cl)Cl)[C@H]4N=[N+]=[N-])[C@H]3OCc3ccccc3)[C@H](OCc3ccccc3)[C@H]2OCc2ccccc2)[C@@H]1OCc1ccccc1. The van der Waals surface area contributed by atoms with Gasteiger partial charge >= 0.3 is 5.97 Å². The van der Waals surface area contributed by atoms with Gasteiger partial charge in [-0.25, -0.2) is 0 Å². The van der Waals surface area contributed by atoms with E-state index in [1.54, 1.807) is 20.8 Å². The van der Waals surface area contributed by atoms with Crippen molar-refractivity contribution < 1.29 is 99.5 Å². The highest BCUT2D eigenvalue weighted by atomic mass is 35.6. The molecule has 0 spiro atoms. The quantitative estimate of drug-likeness (QED) is 0.00746. The highest BCUT2D eigenvalue weighted by Crippen LogP contribution is 2.46. The third-order valence-corrected chi connectivity index (χ3v) is 22.0. The van der Waals surface area contributed by atoms with E-state index >= 15 is 0 Å². The Labute approximate surface area is 724 Å². The summed E-state index contributed by atoms with van der Waals surface area (Å²) in [7, 11) is 0. The fraction of sp³-hybridized carbons (Fsp3) is 0.404. The molecule has 6 aliphatic rings. The number of benzene rings is 9. The maximum Gasteiger partial charge on any atom is 0.311 e. The van der Waals surface area contributed by atoms with Gasteiger partial charge in [-0.2, -0.15) is 0 Å². The molecule has 25 nitrogen and oxygen atoms in total. The number of esters is 1. The zero-order valence-corrected chi connectivity index (χ0v) is 69.8. The van der Waals surface area contributed by atoms with Crippen LogP contribution in [0.5, 0.6) is 0 Å². The van der Waals surface area contributed by atoms with Gasteiger partial charge in [0.1, 0.15) is 91.5 Å². The number of fused-ring (bicyclic) bond motifs is 2. The second-order valence-corrected chi connectivity index (χ2v) is 33.7. The predicted octanol–water partition coefficient (Wildman–Crippen LogP) is 16.6. The smallest absolute Gasteiger partial charge is 0.311 e. The van der Waals surface area contributed by atoms with Crippen molar-refractivity contribution in [1.29, 1.82) is 5.41 Å². The summed E-state index contributed by atoms with van der Waals surface area (Å²) >= 11 is 19.3. The standard InChI is InChI=1S/C94H99Cl3N4O21/c1-93(2,3)92(102)122-84-80(106-52-63-37-19-7-20-38-63)76(69(56-103-49-60-31-13-4-14-32-60)113-88(84)109-55-66-43-25-10-26-44-66)119-89-82(107-53-64-39-21-8-22-40-64)79(105-51-62-35-17-6-18-36-62)75(70(114-89)57-104-50-61-33-15-5-16-34-61)118-90-83(108-54-65-41-23-9-24-42-65)81(77-72(115-90)59-111-86(117-77)68-47-29-12-30-48-68)120-87-73(100-101-99)78(121-91(98)94(95,96)97)74-71(112-87)58-110-85(116-74)67-45-27-11-28-46-67/h4-48,69-90,98H,49-59H2,1-3H3/t69-,70-,71-,72-,73-,74+,75+,76-,77+,78-,79+,80+,81+,82-,83-,84-,85+,86+,87+,88-,89+,90-/m1/s1. The molecule has 22 atom stereocenters. The highest BCUT2D eigenvalue weighted by Gasteiger charge is 2.61. The summed E-state index contributed by atoms with van der Waals surface area (Å²) in [5.74, 6) is -1.37. The molecule has 6 saturated heterocycles. The molecule has 0 radical (unpaired) electrons. The van der Waals surface area contributed by atoms with Crippen molar-refractivity contribution in [3.05, 3.63) is 334 Å². The fourth-order valence-electron chi connectivity index (χ4n) is 15.3. The number of nitrogens with one attached hydrogen (secondary N) is 1. The van der Waals surface area contributed by atoms with Crippen molar-refractivity contribution in [3.8, 4) is 0 Å². The first-order valence-corrected chi connectivity index (χ1v) is 42.0. The first-order valence-electron chi connectivity index (χ1n) is 40.8. The van der Waals surface area contributed by atoms with E-state index in [2.05, 4.69) is 10.0 Å². The van der Waals surface area contributed by atoms with E-state index in [1.165, 1.54) is 0 Å². The molecule has 6 heterocycles. The maximum atomic E-state index is 14.8. The first kappa shape index (κ1) is 88.2. The lowest BCUT2D eigenvalue weighted by molar-refractivity contribution is -0.416. The first-order chi connectivity index (χ1) is 59.5. The number of rotatable bonds is 34. The van der Waals surface area contributed by atoms with E-state index in [0.29, 0.717) is 11.1 Å². The summed E-state index contributed by atoms with van der Waals surface area (Å²) in [6.45, 7) is 4.92. The molecule has 0 aliphatic carbocycles. The topological polar surface area (TPSA) is 274 Å². The minimum Gasteiger partial charge on any atom is -0.471 e. The molecule has 6 aliphatic heterocycles. The molecular formula is C94H99Cl3N4O21. The number of hydrogen-bond acceptors (Lipinski definition) is 23. The summed E-state index contributed by atoms with van der Waals surface area (Å²) in [5.41, 5.74) is 16.7. The normalized spacial score (nSPS) is 29.1. The lowest BCUT2D eigenvalue weighted by Gasteiger charge is -2.53. The van der Waals surface area contributed by atoms with Gasteiger partial charge in [-0.1, -0.05) is 313 Å². The van der Waals surface area contributed by atoms with Crippen molar-refractivity contribution in [2.24, 2.45) is 10.5 Å². The van der Waals surface area contributed by atoms with Gasteiger partial charge in [0.25, 0.3) is 3.79 Å². The monoisotopic (exact) mass is 1720 g/mol. The van der Waals surface area contributed by atoms with Crippen LogP contribution >= 0.6 is 34.8 Å². The highest BCUT2D eigenvalue weighted by molar-refractivity contribution is 6.76. The Bertz CT molecular complexity index is 4720. The number of halogens is 3. The zero-order chi connectivity index (χ0) is 84.2. The largest absolute Gasteiger partial charge is 0.471 e. The van der Waals surface area contributed by atoms with Crippen LogP contribution in [0.4, 0.5) is 0 Å². The summed E-state index contributed by atoms with van der Waals surface area (Å²) in [6.07, 6.45) is -26.5. The molecule has 0 amide bonds. The van der Waals surface area contributed by atoms with E-state index in [0.717, 1.165) is 38.9 Å². The molecule has 0 aromatic heterocycles. The van der Waals surface area contributed by atoms with Crippen molar-refractivity contribution in [2.75, 3.05) is 26.4 Å². The van der Waals surface area contributed by atoms with Gasteiger partial charge < -0.3 is 94.7 Å². The number of carbonyl (C=O) groups is 1. The minimum atomic E-state index is -2.41. The molecule has 0 bridgehead atoms. The predicted molar refractivity (Wildman–Crippen MR) is 448 cm³/mol. The van der Waals surface area contributed by atoms with Gasteiger partial charge in [0.05, 0.1) is 78.1 Å². The Morgan fingerprint density at radius 2 is 0.713 bits per heavy atom. The second kappa shape index (κ2) is 42.8. The Kier molecular flexibility index (Phi) is 31.0. The van der Waals surface area contributed by atoms with Gasteiger partial charge in [0.15, 0.2) is 43.8 Å². The molecule has 9 aromatic rings. The Hall–Kier alpha value is -8.62. The van der Waals surface area contributed by atoms with Crippen LogP contribution in [0.3, 0.4) is 0 Å². The lowest BCUT2D eigenvalue weighted by atomic mass is 9.93. The Balaban J connectivity index is 0.864. The van der Waals surface area contributed by atoms with E-state index < -0.39 is 156 Å². The number of ether oxygens (including phenoxy) is 20. The molecule has 0 saturated carbocycles. The van der Waals surface area contributed by atoms with Crippen LogP contribution in [0.2, 0.25) is 0 Å². The van der Waals surface area contributed by atoms with E-state index in [4.69, 9.17) is 135 Å². The molecule has 1 N–H and O–H groups in total. The van der Waals surface area contributed by atoms with Crippen LogP contribution in [0.15, 0.2) is 278 Å². The van der Waals surface area contributed by atoms with Gasteiger partial charge in [-0.15, -0.1) is 0 Å². The second-order valence-electron chi connectivity index (χ2n) is 31.4. The third-order valence-electron chi connectivity index (χ3n) is 21.5. The van der Waals surface area contributed by atoms with E-state index in [1.807, 2.05) is 273 Å². The van der Waals surface area contributed by atoms with Crippen LogP contribution in [0.1, 0.15) is 83.4 Å². The number of nitrogens with zero attached hydrogens (tertiary/aromatic N) is 3. The van der Waals surface area contributed by atoms with Crippen molar-refractivity contribution >= 4 is 46.7 Å². The minimum absolute atomic E-state index is 0.00445. The summed E-state index contributed by atoms with van der Waals surface area (Å²) < 4.78 is 140. The maximum absolute atomic E-state index is 14.8. The molecular weight excluding hydrogens is 1630 g/mol. The van der Waals surface area contributed by atoms with Crippen molar-refractivity contribution in [1.82, 2.24) is 0 Å². The molecule has 15 rings (SSSR count). The van der Waals surface area contributed by atoms with Crippen LogP contribution < -0.4 is 0 Å². The summed E-state index contributed by atoms with van der Waals surface area (Å²) in [5, 5.41) is 13.4. The molecule has 642 valence electrons. The van der Waals surface area contributed by atoms with Gasteiger partial charge in [0.2, 0.25) is 5.90 Å². The van der Waals surface area contributed by atoms with Crippen molar-refractivity contribution in [2.45, 2.75) is 206 Å². The van der Waals surface area contributed by atoms with Gasteiger partial charge in [-0.05, 0) is 65.2 Å². The van der Waals surface area contributed by atoms with E-state index in [-0.39, 0.29) is 72.7 Å². The van der Waals surface area contributed by atoms with Gasteiger partial charge in [-0.3, -0.25) is 10.2 Å². The summed E-state index contributed by atoms with van der Waals surface area (Å²) in [4.78, 5) is 18.1. The van der Waals surface area contributed by atoms with Crippen LogP contribution in [0.25, 0.3) is 10.4 Å². The average Bonchev–Trinajstić information content (AvgIpc) is 0.751. The van der Waals surface area contributed by atoms with Crippen molar-refractivity contribution in [3.63, 3.8) is 0 Å². The van der Waals surface area contributed by atoms with Crippen LogP contribution in [-0.2, 0) is 146 Å². The number of azide groups is 1. The zero-order valence-electron chi connectivity index (χ0n) is 67.5. The lowest BCUT2D eigenvalue weighted by Crippen LogP contribution is -2.69. The molecule has 0 unspecified atom stereocenters.